The maximum atomic E-state index is 12.7. The molecule has 3 rings (SSSR count). The number of para-hydroxylation sites is 1. The fourth-order valence-corrected chi connectivity index (χ4v) is 4.44. The standard InChI is InChI=1S/C21H25NO4S/c1-14(2)26-21(24)19-16-11-7-4-8-12-17(16)27-20(19)22-18(23)13-25-15-9-5-3-6-10-15/h3,5-6,9-10,14H,4,7-8,11-13H2,1-2H3,(H,22,23). The van der Waals surface area contributed by atoms with E-state index in [4.69, 9.17) is 9.47 Å². The summed E-state index contributed by atoms with van der Waals surface area (Å²) in [5.74, 6) is -0.00779. The molecule has 0 radical (unpaired) electrons. The van der Waals surface area contributed by atoms with E-state index in [1.165, 1.54) is 16.2 Å². The number of nitrogens with one attached hydrogen (secondary N) is 1. The molecule has 1 aromatic heterocycles. The van der Waals surface area contributed by atoms with Crippen molar-refractivity contribution in [1.82, 2.24) is 0 Å². The minimum Gasteiger partial charge on any atom is -0.484 e. The van der Waals surface area contributed by atoms with Crippen LogP contribution in [0.25, 0.3) is 0 Å². The Balaban J connectivity index is 1.77. The molecule has 0 saturated carbocycles. The molecule has 144 valence electrons. The SMILES string of the molecule is CC(C)OC(=O)c1c(NC(=O)COc2ccccc2)sc2c1CCCCC2. The van der Waals surface area contributed by atoms with Gasteiger partial charge in [0, 0.05) is 4.88 Å². The van der Waals surface area contributed by atoms with Crippen LogP contribution >= 0.6 is 11.3 Å². The van der Waals surface area contributed by atoms with E-state index in [9.17, 15) is 9.59 Å². The van der Waals surface area contributed by atoms with Gasteiger partial charge in [-0.2, -0.15) is 0 Å². The summed E-state index contributed by atoms with van der Waals surface area (Å²) in [5.41, 5.74) is 1.57. The van der Waals surface area contributed by atoms with Crippen LogP contribution in [-0.2, 0) is 22.4 Å². The summed E-state index contributed by atoms with van der Waals surface area (Å²) in [6, 6.07) is 9.18. The minimum absolute atomic E-state index is 0.106. The molecule has 0 spiro atoms. The second-order valence-electron chi connectivity index (χ2n) is 6.87. The Bertz CT molecular complexity index is 798. The van der Waals surface area contributed by atoms with Crippen molar-refractivity contribution in [2.75, 3.05) is 11.9 Å². The Morgan fingerprint density at radius 2 is 1.85 bits per heavy atom. The summed E-state index contributed by atoms with van der Waals surface area (Å²) >= 11 is 1.49. The largest absolute Gasteiger partial charge is 0.484 e. The summed E-state index contributed by atoms with van der Waals surface area (Å²) in [5, 5.41) is 3.44. The van der Waals surface area contributed by atoms with Gasteiger partial charge in [0.05, 0.1) is 11.7 Å². The molecular weight excluding hydrogens is 362 g/mol. The van der Waals surface area contributed by atoms with Gasteiger partial charge >= 0.3 is 5.97 Å². The number of ether oxygens (including phenoxy) is 2. The van der Waals surface area contributed by atoms with Crippen LogP contribution in [0, 0.1) is 0 Å². The number of carbonyl (C=O) groups is 2. The zero-order valence-electron chi connectivity index (χ0n) is 15.7. The lowest BCUT2D eigenvalue weighted by Crippen LogP contribution is -2.22. The van der Waals surface area contributed by atoms with E-state index in [-0.39, 0.29) is 24.6 Å². The number of hydrogen-bond donors (Lipinski definition) is 1. The van der Waals surface area contributed by atoms with Crippen molar-refractivity contribution in [3.8, 4) is 5.75 Å². The molecule has 0 fully saturated rings. The molecule has 0 saturated heterocycles. The Hall–Kier alpha value is -2.34. The van der Waals surface area contributed by atoms with Crippen LogP contribution < -0.4 is 10.1 Å². The summed E-state index contributed by atoms with van der Waals surface area (Å²) in [6.45, 7) is 3.55. The number of hydrogen-bond acceptors (Lipinski definition) is 5. The fourth-order valence-electron chi connectivity index (χ4n) is 3.15. The predicted octanol–water partition coefficient (Wildman–Crippen LogP) is 4.60. The normalized spacial score (nSPS) is 13.6. The number of fused-ring (bicyclic) bond motifs is 1. The smallest absolute Gasteiger partial charge is 0.341 e. The quantitative estimate of drug-likeness (QED) is 0.581. The molecule has 27 heavy (non-hydrogen) atoms. The van der Waals surface area contributed by atoms with Crippen LogP contribution in [0.15, 0.2) is 30.3 Å². The van der Waals surface area contributed by atoms with Crippen molar-refractivity contribution in [1.29, 1.82) is 0 Å². The maximum Gasteiger partial charge on any atom is 0.341 e. The van der Waals surface area contributed by atoms with Crippen molar-refractivity contribution < 1.29 is 19.1 Å². The second-order valence-corrected chi connectivity index (χ2v) is 7.98. The van der Waals surface area contributed by atoms with E-state index in [2.05, 4.69) is 5.32 Å². The molecule has 1 aliphatic carbocycles. The van der Waals surface area contributed by atoms with Gasteiger partial charge in [-0.25, -0.2) is 4.79 Å². The van der Waals surface area contributed by atoms with Gasteiger partial charge in [-0.15, -0.1) is 11.3 Å². The summed E-state index contributed by atoms with van der Waals surface area (Å²) in [4.78, 5) is 26.2. The molecule has 1 N–H and O–H groups in total. The summed E-state index contributed by atoms with van der Waals surface area (Å²) in [6.07, 6.45) is 4.91. The van der Waals surface area contributed by atoms with E-state index < -0.39 is 0 Å². The number of carbonyl (C=O) groups excluding carboxylic acids is 2. The molecule has 1 heterocycles. The van der Waals surface area contributed by atoms with Crippen molar-refractivity contribution in [2.45, 2.75) is 52.1 Å². The summed E-state index contributed by atoms with van der Waals surface area (Å²) < 4.78 is 10.9. The minimum atomic E-state index is -0.358. The first-order chi connectivity index (χ1) is 13.0. The molecule has 2 aromatic rings. The third kappa shape index (κ3) is 5.10. The Labute approximate surface area is 163 Å². The first-order valence-corrected chi connectivity index (χ1v) is 10.2. The number of rotatable bonds is 6. The second kappa shape index (κ2) is 9.04. The molecule has 1 amide bonds. The third-order valence-electron chi connectivity index (χ3n) is 4.33. The monoisotopic (exact) mass is 387 g/mol. The van der Waals surface area contributed by atoms with Crippen LogP contribution in [0.5, 0.6) is 5.75 Å². The zero-order chi connectivity index (χ0) is 19.2. The number of anilines is 1. The van der Waals surface area contributed by atoms with Crippen molar-refractivity contribution >= 4 is 28.2 Å². The van der Waals surface area contributed by atoms with E-state index in [0.717, 1.165) is 37.7 Å². The lowest BCUT2D eigenvalue weighted by Gasteiger charge is -2.12. The predicted molar refractivity (Wildman–Crippen MR) is 107 cm³/mol. The topological polar surface area (TPSA) is 64.6 Å². The van der Waals surface area contributed by atoms with E-state index in [1.807, 2.05) is 32.0 Å². The van der Waals surface area contributed by atoms with Gasteiger partial charge in [0.25, 0.3) is 5.91 Å². The van der Waals surface area contributed by atoms with Gasteiger partial charge in [-0.3, -0.25) is 4.79 Å². The molecule has 0 aliphatic heterocycles. The first kappa shape index (κ1) is 19.4. The number of aryl methyl sites for hydroxylation is 1. The molecule has 0 unspecified atom stereocenters. The first-order valence-electron chi connectivity index (χ1n) is 9.38. The van der Waals surface area contributed by atoms with Crippen LogP contribution in [0.1, 0.15) is 53.9 Å². The zero-order valence-corrected chi connectivity index (χ0v) is 16.6. The average Bonchev–Trinajstić information content (AvgIpc) is 2.81. The van der Waals surface area contributed by atoms with Gasteiger partial charge in [-0.05, 0) is 57.2 Å². The van der Waals surface area contributed by atoms with Gasteiger partial charge in [0.1, 0.15) is 10.8 Å². The fraction of sp³-hybridized carbons (Fsp3) is 0.429. The highest BCUT2D eigenvalue weighted by molar-refractivity contribution is 7.17. The average molecular weight is 388 g/mol. The van der Waals surface area contributed by atoms with Crippen LogP contribution in [-0.4, -0.2) is 24.6 Å². The highest BCUT2D eigenvalue weighted by Gasteiger charge is 2.27. The molecule has 0 atom stereocenters. The molecule has 0 bridgehead atoms. The number of thiophene rings is 1. The van der Waals surface area contributed by atoms with Gasteiger partial charge < -0.3 is 14.8 Å². The Kier molecular flexibility index (Phi) is 6.50. The van der Waals surface area contributed by atoms with E-state index >= 15 is 0 Å². The Morgan fingerprint density at radius 1 is 1.11 bits per heavy atom. The lowest BCUT2D eigenvalue weighted by molar-refractivity contribution is -0.118. The van der Waals surface area contributed by atoms with Crippen molar-refractivity contribution in [3.05, 3.63) is 46.3 Å². The number of amides is 1. The summed E-state index contributed by atoms with van der Waals surface area (Å²) in [7, 11) is 0. The van der Waals surface area contributed by atoms with Gasteiger partial charge in [0.15, 0.2) is 6.61 Å². The number of benzene rings is 1. The molecule has 1 aliphatic rings. The van der Waals surface area contributed by atoms with Gasteiger partial charge in [-0.1, -0.05) is 24.6 Å². The third-order valence-corrected chi connectivity index (χ3v) is 5.54. The molecule has 5 nitrogen and oxygen atoms in total. The van der Waals surface area contributed by atoms with Crippen LogP contribution in [0.3, 0.4) is 0 Å². The van der Waals surface area contributed by atoms with Crippen LogP contribution in [0.2, 0.25) is 0 Å². The number of esters is 1. The van der Waals surface area contributed by atoms with Gasteiger partial charge in [0.2, 0.25) is 0 Å². The van der Waals surface area contributed by atoms with Crippen LogP contribution in [0.4, 0.5) is 5.00 Å². The van der Waals surface area contributed by atoms with Crippen molar-refractivity contribution in [2.24, 2.45) is 0 Å². The Morgan fingerprint density at radius 3 is 2.59 bits per heavy atom. The molecule has 1 aromatic carbocycles. The maximum absolute atomic E-state index is 12.7. The molecule has 6 heteroatoms. The molecular formula is C21H25NO4S. The van der Waals surface area contributed by atoms with Crippen molar-refractivity contribution in [3.63, 3.8) is 0 Å². The van der Waals surface area contributed by atoms with E-state index in [0.29, 0.717) is 16.3 Å². The lowest BCUT2D eigenvalue weighted by atomic mass is 10.1. The van der Waals surface area contributed by atoms with E-state index in [1.54, 1.807) is 12.1 Å². The highest BCUT2D eigenvalue weighted by Crippen LogP contribution is 2.38. The highest BCUT2D eigenvalue weighted by atomic mass is 32.1.